The molecule has 100 valence electrons. The van der Waals surface area contributed by atoms with E-state index in [1.807, 2.05) is 6.92 Å². The lowest BCUT2D eigenvalue weighted by atomic mass is 10.1. The molecule has 1 aromatic rings. The van der Waals surface area contributed by atoms with Crippen LogP contribution in [0.5, 0.6) is 0 Å². The standard InChI is InChI=1S/C13H18F2N2O/c1-9(4-3-7-16)17-12(18)8-10-5-2-6-11(14)13(10)15/h2,5-6,9H,3-4,7-8,16H2,1H3,(H,17,18). The summed E-state index contributed by atoms with van der Waals surface area (Å²) in [4.78, 5) is 11.6. The molecule has 0 aliphatic carbocycles. The summed E-state index contributed by atoms with van der Waals surface area (Å²) in [5.74, 6) is -2.21. The second kappa shape index (κ2) is 7.06. The summed E-state index contributed by atoms with van der Waals surface area (Å²) in [6.45, 7) is 2.42. The quantitative estimate of drug-likeness (QED) is 0.814. The molecule has 0 fully saturated rings. The lowest BCUT2D eigenvalue weighted by Crippen LogP contribution is -2.34. The van der Waals surface area contributed by atoms with Gasteiger partial charge in [0.1, 0.15) is 0 Å². The van der Waals surface area contributed by atoms with Gasteiger partial charge in [-0.3, -0.25) is 4.79 Å². The highest BCUT2D eigenvalue weighted by molar-refractivity contribution is 5.78. The minimum absolute atomic E-state index is 0.0160. The molecule has 3 N–H and O–H groups in total. The Morgan fingerprint density at radius 1 is 1.44 bits per heavy atom. The van der Waals surface area contributed by atoms with Crippen LogP contribution in [-0.2, 0) is 11.2 Å². The summed E-state index contributed by atoms with van der Waals surface area (Å²) in [5, 5.41) is 2.73. The Hall–Kier alpha value is -1.49. The molecule has 1 unspecified atom stereocenters. The Morgan fingerprint density at radius 2 is 2.17 bits per heavy atom. The van der Waals surface area contributed by atoms with Crippen LogP contribution in [0, 0.1) is 11.6 Å². The number of halogens is 2. The molecule has 0 spiro atoms. The van der Waals surface area contributed by atoms with Crippen LogP contribution in [0.15, 0.2) is 18.2 Å². The maximum Gasteiger partial charge on any atom is 0.224 e. The normalized spacial score (nSPS) is 12.2. The third-order valence-electron chi connectivity index (χ3n) is 2.63. The molecule has 0 heterocycles. The predicted octanol–water partition coefficient (Wildman–Crippen LogP) is 1.75. The summed E-state index contributed by atoms with van der Waals surface area (Å²) < 4.78 is 26.3. The van der Waals surface area contributed by atoms with Crippen LogP contribution in [-0.4, -0.2) is 18.5 Å². The maximum absolute atomic E-state index is 13.3. The first-order chi connectivity index (χ1) is 8.54. The summed E-state index contributed by atoms with van der Waals surface area (Å²) in [6, 6.07) is 3.81. The summed E-state index contributed by atoms with van der Waals surface area (Å²) >= 11 is 0. The number of nitrogens with one attached hydrogen (secondary N) is 1. The molecule has 1 amide bonds. The van der Waals surface area contributed by atoms with Crippen LogP contribution >= 0.6 is 0 Å². The summed E-state index contributed by atoms with van der Waals surface area (Å²) in [5.41, 5.74) is 5.43. The van der Waals surface area contributed by atoms with Gasteiger partial charge in [0, 0.05) is 11.6 Å². The number of benzene rings is 1. The Bertz CT molecular complexity index is 410. The first-order valence-corrected chi connectivity index (χ1v) is 5.97. The van der Waals surface area contributed by atoms with Crippen molar-refractivity contribution < 1.29 is 13.6 Å². The molecule has 18 heavy (non-hydrogen) atoms. The molecular weight excluding hydrogens is 238 g/mol. The average Bonchev–Trinajstić information content (AvgIpc) is 2.32. The smallest absolute Gasteiger partial charge is 0.224 e. The third kappa shape index (κ3) is 4.41. The number of hydrogen-bond acceptors (Lipinski definition) is 2. The molecule has 3 nitrogen and oxygen atoms in total. The molecule has 1 rings (SSSR count). The zero-order valence-electron chi connectivity index (χ0n) is 10.4. The number of nitrogens with two attached hydrogens (primary N) is 1. The zero-order chi connectivity index (χ0) is 13.5. The first-order valence-electron chi connectivity index (χ1n) is 5.97. The van der Waals surface area contributed by atoms with Gasteiger partial charge in [-0.2, -0.15) is 0 Å². The van der Waals surface area contributed by atoms with Gasteiger partial charge in [-0.15, -0.1) is 0 Å². The van der Waals surface area contributed by atoms with Crippen molar-refractivity contribution in [3.63, 3.8) is 0 Å². The van der Waals surface area contributed by atoms with Gasteiger partial charge in [-0.25, -0.2) is 8.78 Å². The van der Waals surface area contributed by atoms with E-state index in [4.69, 9.17) is 5.73 Å². The Kier molecular flexibility index (Phi) is 5.71. The van der Waals surface area contributed by atoms with Crippen molar-refractivity contribution >= 4 is 5.91 Å². The lowest BCUT2D eigenvalue weighted by Gasteiger charge is -2.13. The highest BCUT2D eigenvalue weighted by Crippen LogP contribution is 2.12. The fourth-order valence-electron chi connectivity index (χ4n) is 1.68. The van der Waals surface area contributed by atoms with Crippen molar-refractivity contribution in [3.05, 3.63) is 35.4 Å². The summed E-state index contributed by atoms with van der Waals surface area (Å²) in [6.07, 6.45) is 1.43. The van der Waals surface area contributed by atoms with Crippen LogP contribution in [0.1, 0.15) is 25.3 Å². The lowest BCUT2D eigenvalue weighted by molar-refractivity contribution is -0.121. The van der Waals surface area contributed by atoms with Crippen molar-refractivity contribution in [2.24, 2.45) is 5.73 Å². The van der Waals surface area contributed by atoms with E-state index < -0.39 is 11.6 Å². The van der Waals surface area contributed by atoms with Crippen molar-refractivity contribution in [1.29, 1.82) is 0 Å². The molecule has 5 heteroatoms. The molecule has 0 aromatic heterocycles. The average molecular weight is 256 g/mol. The fourth-order valence-corrected chi connectivity index (χ4v) is 1.68. The number of amides is 1. The van der Waals surface area contributed by atoms with Crippen molar-refractivity contribution in [2.75, 3.05) is 6.54 Å². The Balaban J connectivity index is 2.52. The van der Waals surface area contributed by atoms with Crippen molar-refractivity contribution in [3.8, 4) is 0 Å². The second-order valence-corrected chi connectivity index (χ2v) is 4.29. The Labute approximate surface area is 105 Å². The minimum atomic E-state index is -0.956. The highest BCUT2D eigenvalue weighted by atomic mass is 19.2. The van der Waals surface area contributed by atoms with Gasteiger partial charge < -0.3 is 11.1 Å². The van der Waals surface area contributed by atoms with Crippen LogP contribution < -0.4 is 11.1 Å². The molecule has 1 atom stereocenters. The van der Waals surface area contributed by atoms with E-state index in [0.29, 0.717) is 6.54 Å². The zero-order valence-corrected chi connectivity index (χ0v) is 10.4. The van der Waals surface area contributed by atoms with Crippen LogP contribution in [0.25, 0.3) is 0 Å². The second-order valence-electron chi connectivity index (χ2n) is 4.29. The topological polar surface area (TPSA) is 55.1 Å². The van der Waals surface area contributed by atoms with E-state index in [9.17, 15) is 13.6 Å². The van der Waals surface area contributed by atoms with E-state index >= 15 is 0 Å². The van der Waals surface area contributed by atoms with Crippen LogP contribution in [0.3, 0.4) is 0 Å². The number of hydrogen-bond donors (Lipinski definition) is 2. The number of carbonyl (C=O) groups excluding carboxylic acids is 1. The van der Waals surface area contributed by atoms with E-state index in [1.54, 1.807) is 0 Å². The van der Waals surface area contributed by atoms with E-state index in [-0.39, 0.29) is 23.9 Å². The highest BCUT2D eigenvalue weighted by Gasteiger charge is 2.13. The molecule has 0 radical (unpaired) electrons. The molecule has 0 saturated heterocycles. The van der Waals surface area contributed by atoms with Gasteiger partial charge in [0.25, 0.3) is 0 Å². The predicted molar refractivity (Wildman–Crippen MR) is 66.0 cm³/mol. The van der Waals surface area contributed by atoms with E-state index in [0.717, 1.165) is 18.9 Å². The van der Waals surface area contributed by atoms with Gasteiger partial charge >= 0.3 is 0 Å². The third-order valence-corrected chi connectivity index (χ3v) is 2.63. The van der Waals surface area contributed by atoms with Gasteiger partial charge in [0.15, 0.2) is 11.6 Å². The van der Waals surface area contributed by atoms with Crippen LogP contribution in [0.2, 0.25) is 0 Å². The van der Waals surface area contributed by atoms with Crippen molar-refractivity contribution in [2.45, 2.75) is 32.2 Å². The van der Waals surface area contributed by atoms with Gasteiger partial charge in [0.2, 0.25) is 5.91 Å². The summed E-state index contributed by atoms with van der Waals surface area (Å²) in [7, 11) is 0. The SMILES string of the molecule is CC(CCCN)NC(=O)Cc1cccc(F)c1F. The molecule has 0 saturated carbocycles. The van der Waals surface area contributed by atoms with E-state index in [2.05, 4.69) is 5.32 Å². The molecule has 0 aliphatic rings. The van der Waals surface area contributed by atoms with Gasteiger partial charge in [-0.05, 0) is 32.4 Å². The maximum atomic E-state index is 13.3. The van der Waals surface area contributed by atoms with Gasteiger partial charge in [0.05, 0.1) is 6.42 Å². The molecule has 1 aromatic carbocycles. The first kappa shape index (κ1) is 14.6. The van der Waals surface area contributed by atoms with E-state index in [1.165, 1.54) is 12.1 Å². The Morgan fingerprint density at radius 3 is 2.83 bits per heavy atom. The molecule has 0 bridgehead atoms. The number of rotatable bonds is 6. The van der Waals surface area contributed by atoms with Gasteiger partial charge in [-0.1, -0.05) is 12.1 Å². The minimum Gasteiger partial charge on any atom is -0.353 e. The van der Waals surface area contributed by atoms with Crippen molar-refractivity contribution in [1.82, 2.24) is 5.32 Å². The number of carbonyl (C=O) groups is 1. The fraction of sp³-hybridized carbons (Fsp3) is 0.462. The molecule has 0 aliphatic heterocycles. The largest absolute Gasteiger partial charge is 0.353 e. The molecular formula is C13H18F2N2O. The monoisotopic (exact) mass is 256 g/mol. The van der Waals surface area contributed by atoms with Crippen LogP contribution in [0.4, 0.5) is 8.78 Å².